The van der Waals surface area contributed by atoms with Crippen molar-refractivity contribution in [2.24, 2.45) is 5.41 Å². The molecule has 1 N–H and O–H groups in total. The smallest absolute Gasteiger partial charge is 0.254 e. The minimum Gasteiger partial charge on any atom is -0.349 e. The van der Waals surface area contributed by atoms with Gasteiger partial charge < -0.3 is 5.32 Å². The molecule has 0 radical (unpaired) electrons. The molecule has 1 atom stereocenters. The molecule has 4 heteroatoms. The largest absolute Gasteiger partial charge is 0.349 e. The van der Waals surface area contributed by atoms with Crippen molar-refractivity contribution in [2.75, 3.05) is 0 Å². The van der Waals surface area contributed by atoms with E-state index in [-0.39, 0.29) is 22.9 Å². The molecule has 1 aromatic carbocycles. The Morgan fingerprint density at radius 2 is 2.00 bits per heavy atom. The lowest BCUT2D eigenvalue weighted by Crippen LogP contribution is -2.41. The molecule has 0 aliphatic carbocycles. The zero-order valence-corrected chi connectivity index (χ0v) is 12.1. The van der Waals surface area contributed by atoms with Crippen molar-refractivity contribution in [1.29, 1.82) is 0 Å². The second kappa shape index (κ2) is 5.17. The first-order valence-corrected chi connectivity index (χ1v) is 6.27. The van der Waals surface area contributed by atoms with Gasteiger partial charge in [0, 0.05) is 6.04 Å². The third-order valence-corrected chi connectivity index (χ3v) is 3.46. The Hall–Kier alpha value is -0.900. The highest BCUT2D eigenvalue weighted by Gasteiger charge is 2.23. The summed E-state index contributed by atoms with van der Waals surface area (Å²) in [6, 6.07) is 4.65. The van der Waals surface area contributed by atoms with Gasteiger partial charge in [-0.3, -0.25) is 4.79 Å². The van der Waals surface area contributed by atoms with E-state index in [1.807, 2.05) is 27.7 Å². The number of carbonyl (C=O) groups is 1. The maximum atomic E-state index is 13.7. The van der Waals surface area contributed by atoms with Gasteiger partial charge in [-0.25, -0.2) is 4.39 Å². The lowest BCUT2D eigenvalue weighted by molar-refractivity contribution is 0.0906. The van der Waals surface area contributed by atoms with Gasteiger partial charge in [-0.2, -0.15) is 0 Å². The van der Waals surface area contributed by atoms with E-state index in [0.717, 1.165) is 0 Å². The number of hydrogen-bond acceptors (Lipinski definition) is 1. The van der Waals surface area contributed by atoms with Gasteiger partial charge in [0.2, 0.25) is 0 Å². The topological polar surface area (TPSA) is 29.1 Å². The van der Waals surface area contributed by atoms with Crippen molar-refractivity contribution in [3.63, 3.8) is 0 Å². The maximum Gasteiger partial charge on any atom is 0.254 e. The highest BCUT2D eigenvalue weighted by atomic mass is 79.9. The third-order valence-electron chi connectivity index (χ3n) is 2.84. The highest BCUT2D eigenvalue weighted by Crippen LogP contribution is 2.21. The summed E-state index contributed by atoms with van der Waals surface area (Å²) in [6.07, 6.45) is 0. The number of benzene rings is 1. The average Bonchev–Trinajstić information content (AvgIpc) is 2.20. The van der Waals surface area contributed by atoms with Crippen LogP contribution in [-0.2, 0) is 0 Å². The van der Waals surface area contributed by atoms with E-state index in [1.165, 1.54) is 6.07 Å². The number of amides is 1. The lowest BCUT2D eigenvalue weighted by atomic mass is 9.88. The highest BCUT2D eigenvalue weighted by molar-refractivity contribution is 9.10. The molecule has 0 aromatic heterocycles. The summed E-state index contributed by atoms with van der Waals surface area (Å²) in [5.74, 6) is -0.905. The number of rotatable bonds is 2. The number of halogens is 2. The quantitative estimate of drug-likeness (QED) is 0.885. The zero-order chi connectivity index (χ0) is 13.2. The van der Waals surface area contributed by atoms with Gasteiger partial charge in [0.1, 0.15) is 5.82 Å². The molecule has 0 aliphatic heterocycles. The van der Waals surface area contributed by atoms with Gasteiger partial charge in [0.15, 0.2) is 0 Å². The van der Waals surface area contributed by atoms with Crippen LogP contribution in [0.15, 0.2) is 22.7 Å². The molecule has 1 aromatic rings. The van der Waals surface area contributed by atoms with Crippen LogP contribution in [0.25, 0.3) is 0 Å². The fourth-order valence-electron chi connectivity index (χ4n) is 1.17. The van der Waals surface area contributed by atoms with Crippen molar-refractivity contribution < 1.29 is 9.18 Å². The molecule has 17 heavy (non-hydrogen) atoms. The summed E-state index contributed by atoms with van der Waals surface area (Å²) in [4.78, 5) is 11.9. The predicted octanol–water partition coefficient (Wildman–Crippen LogP) is 3.75. The van der Waals surface area contributed by atoms with Crippen molar-refractivity contribution in [3.05, 3.63) is 34.1 Å². The molecule has 2 nitrogen and oxygen atoms in total. The molecule has 94 valence electrons. The van der Waals surface area contributed by atoms with Crippen LogP contribution in [-0.4, -0.2) is 11.9 Å². The second-order valence-electron chi connectivity index (χ2n) is 5.16. The Morgan fingerprint density at radius 1 is 1.41 bits per heavy atom. The Labute approximate surface area is 110 Å². The zero-order valence-electron chi connectivity index (χ0n) is 10.5. The SMILES string of the molecule is CC(NC(=O)c1cccc(Br)c1F)C(C)(C)C. The van der Waals surface area contributed by atoms with E-state index in [2.05, 4.69) is 21.2 Å². The first-order chi connectivity index (χ1) is 7.73. The minimum atomic E-state index is -0.522. The van der Waals surface area contributed by atoms with Crippen LogP contribution in [0.5, 0.6) is 0 Å². The van der Waals surface area contributed by atoms with E-state index in [1.54, 1.807) is 12.1 Å². The molecule has 1 amide bonds. The molecule has 0 saturated carbocycles. The number of carbonyl (C=O) groups excluding carboxylic acids is 1. The van der Waals surface area contributed by atoms with Crippen molar-refractivity contribution in [3.8, 4) is 0 Å². The van der Waals surface area contributed by atoms with Crippen LogP contribution in [0.2, 0.25) is 0 Å². The van der Waals surface area contributed by atoms with Gasteiger partial charge in [-0.1, -0.05) is 26.8 Å². The van der Waals surface area contributed by atoms with E-state index in [9.17, 15) is 9.18 Å². The maximum absolute atomic E-state index is 13.7. The van der Waals surface area contributed by atoms with Gasteiger partial charge in [0.25, 0.3) is 5.91 Å². The van der Waals surface area contributed by atoms with Crippen LogP contribution in [0.3, 0.4) is 0 Å². The Kier molecular flexibility index (Phi) is 4.31. The molecule has 0 bridgehead atoms. The number of nitrogens with one attached hydrogen (secondary N) is 1. The summed E-state index contributed by atoms with van der Waals surface area (Å²) in [5.41, 5.74) is 0.00786. The van der Waals surface area contributed by atoms with Crippen molar-refractivity contribution >= 4 is 21.8 Å². The van der Waals surface area contributed by atoms with E-state index in [0.29, 0.717) is 4.47 Å². The van der Waals surface area contributed by atoms with Crippen molar-refractivity contribution in [1.82, 2.24) is 5.32 Å². The Bertz CT molecular complexity index is 426. The number of hydrogen-bond donors (Lipinski definition) is 1. The molecular formula is C13H17BrFNO. The summed E-state index contributed by atoms with van der Waals surface area (Å²) >= 11 is 3.07. The predicted molar refractivity (Wildman–Crippen MR) is 70.5 cm³/mol. The Morgan fingerprint density at radius 3 is 2.53 bits per heavy atom. The molecular weight excluding hydrogens is 285 g/mol. The van der Waals surface area contributed by atoms with E-state index in [4.69, 9.17) is 0 Å². The fourth-order valence-corrected chi connectivity index (χ4v) is 1.54. The molecule has 0 fully saturated rings. The summed E-state index contributed by atoms with van der Waals surface area (Å²) in [6.45, 7) is 7.98. The van der Waals surface area contributed by atoms with E-state index >= 15 is 0 Å². The molecule has 0 aliphatic rings. The fraction of sp³-hybridized carbons (Fsp3) is 0.462. The van der Waals surface area contributed by atoms with Crippen LogP contribution in [0, 0.1) is 11.2 Å². The molecule has 0 spiro atoms. The summed E-state index contributed by atoms with van der Waals surface area (Å²) in [5, 5.41) is 2.80. The van der Waals surface area contributed by atoms with Crippen LogP contribution >= 0.6 is 15.9 Å². The normalized spacial score (nSPS) is 13.3. The third kappa shape index (κ3) is 3.53. The van der Waals surface area contributed by atoms with Gasteiger partial charge in [0.05, 0.1) is 10.0 Å². The van der Waals surface area contributed by atoms with Gasteiger partial charge >= 0.3 is 0 Å². The monoisotopic (exact) mass is 301 g/mol. The standard InChI is InChI=1S/C13H17BrFNO/c1-8(13(2,3)4)16-12(17)9-6-5-7-10(14)11(9)15/h5-8H,1-4H3,(H,16,17). The van der Waals surface area contributed by atoms with Crippen LogP contribution < -0.4 is 5.32 Å². The molecule has 0 saturated heterocycles. The minimum absolute atomic E-state index is 0.0339. The summed E-state index contributed by atoms with van der Waals surface area (Å²) in [7, 11) is 0. The molecule has 0 heterocycles. The van der Waals surface area contributed by atoms with E-state index < -0.39 is 5.82 Å². The summed E-state index contributed by atoms with van der Waals surface area (Å²) < 4.78 is 14.0. The van der Waals surface area contributed by atoms with Gasteiger partial charge in [-0.15, -0.1) is 0 Å². The van der Waals surface area contributed by atoms with Crippen LogP contribution in [0.4, 0.5) is 4.39 Å². The first-order valence-electron chi connectivity index (χ1n) is 5.48. The molecule has 1 unspecified atom stereocenters. The lowest BCUT2D eigenvalue weighted by Gasteiger charge is -2.28. The second-order valence-corrected chi connectivity index (χ2v) is 6.02. The Balaban J connectivity index is 2.88. The van der Waals surface area contributed by atoms with Crippen molar-refractivity contribution in [2.45, 2.75) is 33.7 Å². The average molecular weight is 302 g/mol. The van der Waals surface area contributed by atoms with Crippen LogP contribution in [0.1, 0.15) is 38.1 Å². The molecule has 1 rings (SSSR count). The first kappa shape index (κ1) is 14.2. The van der Waals surface area contributed by atoms with Gasteiger partial charge in [-0.05, 0) is 40.4 Å².